The second kappa shape index (κ2) is 5.18. The summed E-state index contributed by atoms with van der Waals surface area (Å²) in [5, 5.41) is 16.9. The van der Waals surface area contributed by atoms with Crippen LogP contribution < -0.4 is 0 Å². The lowest BCUT2D eigenvalue weighted by atomic mass is 10.1. The van der Waals surface area contributed by atoms with Crippen LogP contribution in [0.2, 0.25) is 0 Å². The van der Waals surface area contributed by atoms with E-state index in [0.29, 0.717) is 0 Å². The zero-order chi connectivity index (χ0) is 12.9. The fourth-order valence-electron chi connectivity index (χ4n) is 1.22. The van der Waals surface area contributed by atoms with E-state index in [9.17, 15) is 13.2 Å². The molecule has 0 heterocycles. The van der Waals surface area contributed by atoms with Crippen LogP contribution in [0.25, 0.3) is 6.08 Å². The maximum absolute atomic E-state index is 12.5. The average molecular weight is 236 g/mol. The van der Waals surface area contributed by atoms with Crippen LogP contribution in [-0.2, 0) is 6.18 Å². The minimum Gasteiger partial charge on any atom is -0.198 e. The molecule has 1 rings (SSSR count). The molecule has 0 saturated carbocycles. The lowest BCUT2D eigenvalue weighted by Gasteiger charge is -2.07. The molecule has 86 valence electrons. The highest BCUT2D eigenvalue weighted by molar-refractivity contribution is 5.54. The van der Waals surface area contributed by atoms with E-state index in [1.165, 1.54) is 18.2 Å². The SMILES string of the molecule is N#CCC=Cc1cc(C#N)cc(C(F)(F)F)c1. The summed E-state index contributed by atoms with van der Waals surface area (Å²) in [7, 11) is 0. The van der Waals surface area contributed by atoms with Gasteiger partial charge in [-0.15, -0.1) is 0 Å². The van der Waals surface area contributed by atoms with Crippen LogP contribution in [0.15, 0.2) is 24.3 Å². The van der Waals surface area contributed by atoms with Gasteiger partial charge in [0.1, 0.15) is 0 Å². The number of halogens is 3. The Morgan fingerprint density at radius 2 is 1.88 bits per heavy atom. The van der Waals surface area contributed by atoms with Gasteiger partial charge in [0.15, 0.2) is 0 Å². The predicted molar refractivity (Wildman–Crippen MR) is 55.4 cm³/mol. The molecule has 17 heavy (non-hydrogen) atoms. The standard InChI is InChI=1S/C12H7F3N2/c13-12(14,15)11-6-9(3-1-2-4-16)5-10(7-11)8-17/h1,3,5-7H,2H2. The summed E-state index contributed by atoms with van der Waals surface area (Å²) in [4.78, 5) is 0. The molecule has 1 aromatic carbocycles. The Morgan fingerprint density at radius 1 is 1.18 bits per heavy atom. The van der Waals surface area contributed by atoms with Gasteiger partial charge in [-0.2, -0.15) is 23.7 Å². The first-order chi connectivity index (χ1) is 7.97. The fraction of sp³-hybridized carbons (Fsp3) is 0.167. The van der Waals surface area contributed by atoms with Gasteiger partial charge in [0.2, 0.25) is 0 Å². The Kier molecular flexibility index (Phi) is 3.90. The Hall–Kier alpha value is -2.27. The van der Waals surface area contributed by atoms with Crippen molar-refractivity contribution in [1.82, 2.24) is 0 Å². The first-order valence-electron chi connectivity index (χ1n) is 4.63. The van der Waals surface area contributed by atoms with E-state index < -0.39 is 11.7 Å². The largest absolute Gasteiger partial charge is 0.416 e. The minimum absolute atomic E-state index is 0.0589. The molecule has 0 bridgehead atoms. The number of hydrogen-bond donors (Lipinski definition) is 0. The Bertz CT molecular complexity index is 516. The van der Waals surface area contributed by atoms with Crippen LogP contribution in [0.5, 0.6) is 0 Å². The van der Waals surface area contributed by atoms with Gasteiger partial charge in [0.05, 0.1) is 29.7 Å². The molecule has 0 aliphatic carbocycles. The quantitative estimate of drug-likeness (QED) is 0.788. The maximum atomic E-state index is 12.5. The molecule has 2 nitrogen and oxygen atoms in total. The van der Waals surface area contributed by atoms with E-state index >= 15 is 0 Å². The molecule has 0 atom stereocenters. The molecule has 0 fully saturated rings. The van der Waals surface area contributed by atoms with Crippen LogP contribution in [0.3, 0.4) is 0 Å². The van der Waals surface area contributed by atoms with Gasteiger partial charge < -0.3 is 0 Å². The molecule has 0 radical (unpaired) electrons. The van der Waals surface area contributed by atoms with Crippen molar-refractivity contribution >= 4 is 6.08 Å². The van der Waals surface area contributed by atoms with Crippen molar-refractivity contribution in [2.75, 3.05) is 0 Å². The molecule has 1 aromatic rings. The number of rotatable bonds is 2. The van der Waals surface area contributed by atoms with Gasteiger partial charge in [-0.25, -0.2) is 0 Å². The summed E-state index contributed by atoms with van der Waals surface area (Å²) in [6, 6.07) is 6.58. The molecule has 0 unspecified atom stereocenters. The van der Waals surface area contributed by atoms with Gasteiger partial charge >= 0.3 is 6.18 Å². The van der Waals surface area contributed by atoms with Gasteiger partial charge in [-0.1, -0.05) is 12.2 Å². The molecule has 0 aliphatic heterocycles. The van der Waals surface area contributed by atoms with Crippen molar-refractivity contribution in [3.8, 4) is 12.1 Å². The molecule has 0 aromatic heterocycles. The minimum atomic E-state index is -4.48. The third kappa shape index (κ3) is 3.66. The molecular formula is C12H7F3N2. The molecule has 0 aliphatic rings. The van der Waals surface area contributed by atoms with Gasteiger partial charge in [0.25, 0.3) is 0 Å². The number of alkyl halides is 3. The molecule has 0 saturated heterocycles. The van der Waals surface area contributed by atoms with E-state index in [0.717, 1.165) is 12.1 Å². The van der Waals surface area contributed by atoms with E-state index in [1.807, 2.05) is 6.07 Å². The second-order valence-corrected chi connectivity index (χ2v) is 3.22. The second-order valence-electron chi connectivity index (χ2n) is 3.22. The van der Waals surface area contributed by atoms with E-state index in [-0.39, 0.29) is 17.5 Å². The monoisotopic (exact) mass is 236 g/mol. The highest BCUT2D eigenvalue weighted by Crippen LogP contribution is 2.30. The summed E-state index contributed by atoms with van der Waals surface area (Å²) in [6.07, 6.45) is -1.54. The summed E-state index contributed by atoms with van der Waals surface area (Å²) in [5.41, 5.74) is -0.670. The molecule has 0 N–H and O–H groups in total. The van der Waals surface area contributed by atoms with Crippen LogP contribution in [0.1, 0.15) is 23.1 Å². The van der Waals surface area contributed by atoms with Crippen LogP contribution in [0.4, 0.5) is 13.2 Å². The summed E-state index contributed by atoms with van der Waals surface area (Å²) in [5.74, 6) is 0. The van der Waals surface area contributed by atoms with Crippen molar-refractivity contribution in [3.63, 3.8) is 0 Å². The molecular weight excluding hydrogens is 229 g/mol. The average Bonchev–Trinajstić information content (AvgIpc) is 2.28. The highest BCUT2D eigenvalue weighted by Gasteiger charge is 2.30. The van der Waals surface area contributed by atoms with Crippen LogP contribution in [-0.4, -0.2) is 0 Å². The number of nitriles is 2. The van der Waals surface area contributed by atoms with Crippen LogP contribution in [0, 0.1) is 22.7 Å². The van der Waals surface area contributed by atoms with Crippen molar-refractivity contribution in [1.29, 1.82) is 10.5 Å². The summed E-state index contributed by atoms with van der Waals surface area (Å²) >= 11 is 0. The third-order valence-corrected chi connectivity index (χ3v) is 1.93. The van der Waals surface area contributed by atoms with E-state index in [1.54, 1.807) is 6.07 Å². The Morgan fingerprint density at radius 3 is 2.41 bits per heavy atom. The highest BCUT2D eigenvalue weighted by atomic mass is 19.4. The number of benzene rings is 1. The Labute approximate surface area is 96.2 Å². The molecule has 0 amide bonds. The van der Waals surface area contributed by atoms with Gasteiger partial charge in [-0.05, 0) is 23.8 Å². The maximum Gasteiger partial charge on any atom is 0.416 e. The lowest BCUT2D eigenvalue weighted by Crippen LogP contribution is -2.05. The zero-order valence-corrected chi connectivity index (χ0v) is 8.62. The van der Waals surface area contributed by atoms with E-state index in [4.69, 9.17) is 10.5 Å². The molecule has 0 spiro atoms. The summed E-state index contributed by atoms with van der Waals surface area (Å²) < 4.78 is 37.5. The number of hydrogen-bond acceptors (Lipinski definition) is 2. The first kappa shape index (κ1) is 12.8. The number of allylic oxidation sites excluding steroid dienone is 1. The zero-order valence-electron chi connectivity index (χ0n) is 8.62. The van der Waals surface area contributed by atoms with Crippen molar-refractivity contribution in [2.45, 2.75) is 12.6 Å². The lowest BCUT2D eigenvalue weighted by molar-refractivity contribution is -0.137. The number of nitrogens with zero attached hydrogens (tertiary/aromatic N) is 2. The van der Waals surface area contributed by atoms with E-state index in [2.05, 4.69) is 0 Å². The third-order valence-electron chi connectivity index (χ3n) is 1.93. The van der Waals surface area contributed by atoms with Gasteiger partial charge in [-0.3, -0.25) is 0 Å². The topological polar surface area (TPSA) is 47.6 Å². The van der Waals surface area contributed by atoms with Crippen LogP contribution >= 0.6 is 0 Å². The predicted octanol–water partition coefficient (Wildman–Crippen LogP) is 3.50. The van der Waals surface area contributed by atoms with Crippen molar-refractivity contribution < 1.29 is 13.2 Å². The fourth-order valence-corrected chi connectivity index (χ4v) is 1.22. The van der Waals surface area contributed by atoms with Gasteiger partial charge in [0, 0.05) is 0 Å². The Balaban J connectivity index is 3.17. The molecule has 5 heteroatoms. The summed E-state index contributed by atoms with van der Waals surface area (Å²) in [6.45, 7) is 0. The van der Waals surface area contributed by atoms with Crippen molar-refractivity contribution in [3.05, 3.63) is 41.0 Å². The normalized spacial score (nSPS) is 11.1. The smallest absolute Gasteiger partial charge is 0.198 e. The van der Waals surface area contributed by atoms with Crippen molar-refractivity contribution in [2.24, 2.45) is 0 Å². The first-order valence-corrected chi connectivity index (χ1v) is 4.63.